The molecule has 0 bridgehead atoms. The Morgan fingerprint density at radius 2 is 2.12 bits per heavy atom. The summed E-state index contributed by atoms with van der Waals surface area (Å²) >= 11 is 0. The lowest BCUT2D eigenvalue weighted by atomic mass is 10.2. The molecule has 1 aromatic carbocycles. The zero-order valence-electron chi connectivity index (χ0n) is 9.52. The molecule has 0 saturated carbocycles. The van der Waals surface area contributed by atoms with Crippen molar-refractivity contribution in [2.45, 2.75) is 19.6 Å². The molecule has 1 unspecified atom stereocenters. The zero-order valence-corrected chi connectivity index (χ0v) is 9.52. The molecule has 1 rings (SSSR count). The fraction of sp³-hybridized carbons (Fsp3) is 0.500. The Morgan fingerprint density at radius 1 is 1.38 bits per heavy atom. The second kappa shape index (κ2) is 7.22. The highest BCUT2D eigenvalue weighted by atomic mass is 16.5. The third-order valence-corrected chi connectivity index (χ3v) is 2.20. The molecule has 0 aromatic heterocycles. The molecule has 0 amide bonds. The average molecular weight is 225 g/mol. The molecule has 4 nitrogen and oxygen atoms in total. The first kappa shape index (κ1) is 13.0. The van der Waals surface area contributed by atoms with Crippen molar-refractivity contribution in [2.24, 2.45) is 0 Å². The van der Waals surface area contributed by atoms with Crippen LogP contribution in [0.5, 0.6) is 5.75 Å². The number of aliphatic hydroxyl groups is 2. The lowest BCUT2D eigenvalue weighted by Crippen LogP contribution is -2.31. The molecule has 0 fully saturated rings. The minimum atomic E-state index is -0.535. The van der Waals surface area contributed by atoms with E-state index in [9.17, 15) is 5.11 Å². The number of nitrogens with one attached hydrogen (secondary N) is 1. The Labute approximate surface area is 95.9 Å². The highest BCUT2D eigenvalue weighted by molar-refractivity contribution is 5.32. The zero-order chi connectivity index (χ0) is 11.8. The topological polar surface area (TPSA) is 61.7 Å². The fourth-order valence-electron chi connectivity index (χ4n) is 1.33. The third kappa shape index (κ3) is 4.18. The predicted octanol–water partition coefficient (Wildman–Crippen LogP) is 0.528. The number of rotatable bonds is 7. The second-order valence-corrected chi connectivity index (χ2v) is 3.54. The molecular weight excluding hydrogens is 206 g/mol. The molecule has 0 aliphatic heterocycles. The largest absolute Gasteiger partial charge is 0.490 e. The molecule has 1 aromatic rings. The van der Waals surface area contributed by atoms with Gasteiger partial charge < -0.3 is 20.3 Å². The first-order valence-corrected chi connectivity index (χ1v) is 5.48. The first-order valence-electron chi connectivity index (χ1n) is 5.48. The molecule has 0 saturated heterocycles. The molecule has 0 aliphatic carbocycles. The van der Waals surface area contributed by atoms with Gasteiger partial charge in [0.2, 0.25) is 0 Å². The molecule has 0 spiro atoms. The van der Waals surface area contributed by atoms with Crippen LogP contribution in [-0.4, -0.2) is 36.0 Å². The minimum Gasteiger partial charge on any atom is -0.490 e. The van der Waals surface area contributed by atoms with Crippen LogP contribution in [-0.2, 0) is 6.61 Å². The van der Waals surface area contributed by atoms with Crippen molar-refractivity contribution in [2.75, 3.05) is 19.7 Å². The number of para-hydroxylation sites is 1. The summed E-state index contributed by atoms with van der Waals surface area (Å²) in [6.07, 6.45) is -0.535. The van der Waals surface area contributed by atoms with Gasteiger partial charge in [-0.25, -0.2) is 0 Å². The van der Waals surface area contributed by atoms with Gasteiger partial charge in [-0.05, 0) is 12.6 Å². The van der Waals surface area contributed by atoms with E-state index in [1.807, 2.05) is 19.1 Å². The van der Waals surface area contributed by atoms with Gasteiger partial charge in [0, 0.05) is 12.1 Å². The van der Waals surface area contributed by atoms with Crippen molar-refractivity contribution in [1.29, 1.82) is 0 Å². The molecule has 90 valence electrons. The summed E-state index contributed by atoms with van der Waals surface area (Å²) in [5.41, 5.74) is 0.734. The first-order chi connectivity index (χ1) is 7.77. The highest BCUT2D eigenvalue weighted by Crippen LogP contribution is 2.17. The van der Waals surface area contributed by atoms with Crippen molar-refractivity contribution in [3.05, 3.63) is 29.8 Å². The summed E-state index contributed by atoms with van der Waals surface area (Å²) < 4.78 is 5.44. The quantitative estimate of drug-likeness (QED) is 0.633. The highest BCUT2D eigenvalue weighted by Gasteiger charge is 2.06. The van der Waals surface area contributed by atoms with E-state index in [1.54, 1.807) is 12.1 Å². The van der Waals surface area contributed by atoms with Gasteiger partial charge in [-0.3, -0.25) is 0 Å². The van der Waals surface area contributed by atoms with Crippen molar-refractivity contribution >= 4 is 0 Å². The van der Waals surface area contributed by atoms with Crippen LogP contribution in [0.3, 0.4) is 0 Å². The second-order valence-electron chi connectivity index (χ2n) is 3.54. The molecule has 0 aliphatic rings. The summed E-state index contributed by atoms with van der Waals surface area (Å²) in [5.74, 6) is 0.626. The van der Waals surface area contributed by atoms with Crippen molar-refractivity contribution in [3.8, 4) is 5.75 Å². The number of aliphatic hydroxyl groups excluding tert-OH is 2. The van der Waals surface area contributed by atoms with Crippen molar-refractivity contribution < 1.29 is 14.9 Å². The number of ether oxygens (including phenoxy) is 1. The molecule has 0 radical (unpaired) electrons. The smallest absolute Gasteiger partial charge is 0.124 e. The van der Waals surface area contributed by atoms with Gasteiger partial charge in [-0.15, -0.1) is 0 Å². The van der Waals surface area contributed by atoms with E-state index in [-0.39, 0.29) is 13.2 Å². The Bertz CT molecular complexity index is 304. The van der Waals surface area contributed by atoms with E-state index in [1.165, 1.54) is 0 Å². The molecular formula is C12H19NO3. The van der Waals surface area contributed by atoms with Crippen LogP contribution in [0.25, 0.3) is 0 Å². The maximum absolute atomic E-state index is 9.56. The molecule has 0 heterocycles. The minimum absolute atomic E-state index is 0.0561. The van der Waals surface area contributed by atoms with E-state index < -0.39 is 6.10 Å². The van der Waals surface area contributed by atoms with Crippen molar-refractivity contribution in [1.82, 2.24) is 5.32 Å². The van der Waals surface area contributed by atoms with Crippen LogP contribution in [0.15, 0.2) is 24.3 Å². The Balaban J connectivity index is 2.41. The van der Waals surface area contributed by atoms with Gasteiger partial charge in [-0.2, -0.15) is 0 Å². The SMILES string of the molecule is CCNCC(O)COc1ccccc1CO. The van der Waals surface area contributed by atoms with Gasteiger partial charge in [0.05, 0.1) is 6.61 Å². The Kier molecular flexibility index (Phi) is 5.85. The van der Waals surface area contributed by atoms with E-state index in [0.717, 1.165) is 12.1 Å². The van der Waals surface area contributed by atoms with Crippen LogP contribution in [0.1, 0.15) is 12.5 Å². The Hall–Kier alpha value is -1.10. The van der Waals surface area contributed by atoms with Gasteiger partial charge in [0.25, 0.3) is 0 Å². The predicted molar refractivity (Wildman–Crippen MR) is 62.4 cm³/mol. The van der Waals surface area contributed by atoms with E-state index in [0.29, 0.717) is 12.3 Å². The number of likely N-dealkylation sites (N-methyl/N-ethyl adjacent to an activating group) is 1. The molecule has 3 N–H and O–H groups in total. The average Bonchev–Trinajstić information content (AvgIpc) is 2.34. The van der Waals surface area contributed by atoms with Crippen molar-refractivity contribution in [3.63, 3.8) is 0 Å². The third-order valence-electron chi connectivity index (χ3n) is 2.20. The maximum atomic E-state index is 9.56. The normalized spacial score (nSPS) is 12.4. The summed E-state index contributed by atoms with van der Waals surface area (Å²) in [4.78, 5) is 0. The van der Waals surface area contributed by atoms with Gasteiger partial charge in [0.15, 0.2) is 0 Å². The van der Waals surface area contributed by atoms with E-state index in [2.05, 4.69) is 5.32 Å². The van der Waals surface area contributed by atoms with Crippen LogP contribution < -0.4 is 10.1 Å². The van der Waals surface area contributed by atoms with Crippen LogP contribution in [0.4, 0.5) is 0 Å². The lowest BCUT2D eigenvalue weighted by Gasteiger charge is -2.14. The lowest BCUT2D eigenvalue weighted by molar-refractivity contribution is 0.105. The number of hydrogen-bond acceptors (Lipinski definition) is 4. The summed E-state index contributed by atoms with van der Waals surface area (Å²) in [6.45, 7) is 3.49. The van der Waals surface area contributed by atoms with Crippen LogP contribution >= 0.6 is 0 Å². The van der Waals surface area contributed by atoms with Crippen LogP contribution in [0, 0.1) is 0 Å². The number of hydrogen-bond donors (Lipinski definition) is 3. The van der Waals surface area contributed by atoms with E-state index in [4.69, 9.17) is 9.84 Å². The summed E-state index contributed by atoms with van der Waals surface area (Å²) in [6, 6.07) is 7.26. The molecule has 4 heteroatoms. The monoisotopic (exact) mass is 225 g/mol. The number of benzene rings is 1. The fourth-order valence-corrected chi connectivity index (χ4v) is 1.33. The Morgan fingerprint density at radius 3 is 2.81 bits per heavy atom. The van der Waals surface area contributed by atoms with E-state index >= 15 is 0 Å². The maximum Gasteiger partial charge on any atom is 0.124 e. The van der Waals surface area contributed by atoms with Gasteiger partial charge in [0.1, 0.15) is 18.5 Å². The summed E-state index contributed by atoms with van der Waals surface area (Å²) in [5, 5.41) is 21.7. The molecule has 1 atom stereocenters. The van der Waals surface area contributed by atoms with Gasteiger partial charge in [-0.1, -0.05) is 25.1 Å². The molecule has 16 heavy (non-hydrogen) atoms. The van der Waals surface area contributed by atoms with Crippen LogP contribution in [0.2, 0.25) is 0 Å². The summed E-state index contributed by atoms with van der Waals surface area (Å²) in [7, 11) is 0. The standard InChI is InChI=1S/C12H19NO3/c1-2-13-7-11(15)9-16-12-6-4-3-5-10(12)8-14/h3-6,11,13-15H,2,7-9H2,1H3. The van der Waals surface area contributed by atoms with Gasteiger partial charge >= 0.3 is 0 Å².